The maximum absolute atomic E-state index is 11.4. The molecule has 0 saturated carbocycles. The number of carbonyl (C=O) groups excluding carboxylic acids is 2. The minimum absolute atomic E-state index is 0.0699. The van der Waals surface area contributed by atoms with E-state index >= 15 is 0 Å². The van der Waals surface area contributed by atoms with Gasteiger partial charge in [-0.25, -0.2) is 0 Å². The molecule has 114 valence electrons. The molecule has 2 heterocycles. The van der Waals surface area contributed by atoms with Crippen molar-refractivity contribution in [2.45, 2.75) is 23.6 Å². The first-order valence-corrected chi connectivity index (χ1v) is 8.36. The third kappa shape index (κ3) is 3.77. The van der Waals surface area contributed by atoms with Crippen molar-refractivity contribution in [3.63, 3.8) is 0 Å². The SMILES string of the molecule is CC(=O)c1cc(SSc2cc[n+]([O-])c(C(C)=O)c2)cc[n+]1[O-]. The summed E-state index contributed by atoms with van der Waals surface area (Å²) in [7, 11) is 2.66. The molecule has 0 aliphatic rings. The highest BCUT2D eigenvalue weighted by atomic mass is 33.1. The molecular weight excluding hydrogens is 324 g/mol. The molecule has 0 aromatic carbocycles. The number of rotatable bonds is 5. The molecule has 0 aliphatic heterocycles. The van der Waals surface area contributed by atoms with Gasteiger partial charge in [-0.1, -0.05) is 21.6 Å². The van der Waals surface area contributed by atoms with Crippen LogP contribution in [-0.4, -0.2) is 11.6 Å². The predicted octanol–water partition coefficient (Wildman–Crippen LogP) is 2.16. The summed E-state index contributed by atoms with van der Waals surface area (Å²) in [5.41, 5.74) is 0.140. The molecule has 0 aliphatic carbocycles. The maximum atomic E-state index is 11.4. The Morgan fingerprint density at radius 2 is 1.23 bits per heavy atom. The summed E-state index contributed by atoms with van der Waals surface area (Å²) in [4.78, 5) is 24.1. The second-order valence-corrected chi connectivity index (χ2v) is 6.70. The fourth-order valence-electron chi connectivity index (χ4n) is 1.65. The van der Waals surface area contributed by atoms with Gasteiger partial charge in [0.2, 0.25) is 11.6 Å². The molecule has 6 nitrogen and oxygen atoms in total. The second-order valence-electron chi connectivity index (χ2n) is 4.43. The van der Waals surface area contributed by atoms with Crippen LogP contribution < -0.4 is 9.46 Å². The second kappa shape index (κ2) is 6.80. The van der Waals surface area contributed by atoms with Gasteiger partial charge in [-0.2, -0.15) is 9.46 Å². The van der Waals surface area contributed by atoms with Crippen LogP contribution in [0.3, 0.4) is 0 Å². The molecule has 2 aromatic rings. The molecule has 0 atom stereocenters. The van der Waals surface area contributed by atoms with E-state index in [1.807, 2.05) is 0 Å². The van der Waals surface area contributed by atoms with E-state index in [9.17, 15) is 20.0 Å². The van der Waals surface area contributed by atoms with Gasteiger partial charge in [0.1, 0.15) is 0 Å². The summed E-state index contributed by atoms with van der Waals surface area (Å²) in [6.45, 7) is 2.66. The normalized spacial score (nSPS) is 10.5. The van der Waals surface area contributed by atoms with Crippen LogP contribution in [0, 0.1) is 10.4 Å². The quantitative estimate of drug-likeness (QED) is 0.360. The zero-order valence-corrected chi connectivity index (χ0v) is 13.4. The number of pyridine rings is 2. The lowest BCUT2D eigenvalue weighted by molar-refractivity contribution is -0.608. The van der Waals surface area contributed by atoms with E-state index < -0.39 is 0 Å². The lowest BCUT2D eigenvalue weighted by Gasteiger charge is -2.05. The fraction of sp³-hybridized carbons (Fsp3) is 0.143. The average molecular weight is 336 g/mol. The van der Waals surface area contributed by atoms with Gasteiger partial charge >= 0.3 is 0 Å². The van der Waals surface area contributed by atoms with E-state index in [1.165, 1.54) is 60.0 Å². The topological polar surface area (TPSA) is 88.0 Å². The minimum atomic E-state index is -0.312. The number of Topliss-reactive ketones (excluding diaryl/α,β-unsaturated/α-hetero) is 2. The van der Waals surface area contributed by atoms with Crippen molar-refractivity contribution in [1.82, 2.24) is 0 Å². The molecule has 0 radical (unpaired) electrons. The summed E-state index contributed by atoms with van der Waals surface area (Å²) in [5, 5.41) is 22.9. The Labute approximate surface area is 134 Å². The lowest BCUT2D eigenvalue weighted by Crippen LogP contribution is -2.33. The van der Waals surface area contributed by atoms with Crippen molar-refractivity contribution in [3.05, 3.63) is 58.5 Å². The summed E-state index contributed by atoms with van der Waals surface area (Å²) in [5.74, 6) is -0.623. The molecule has 0 fully saturated rings. The van der Waals surface area contributed by atoms with Crippen molar-refractivity contribution < 1.29 is 19.0 Å². The molecule has 2 aromatic heterocycles. The van der Waals surface area contributed by atoms with Crippen LogP contribution in [-0.2, 0) is 0 Å². The minimum Gasteiger partial charge on any atom is -0.618 e. The molecule has 0 unspecified atom stereocenters. The zero-order valence-electron chi connectivity index (χ0n) is 11.8. The molecule has 0 bridgehead atoms. The van der Waals surface area contributed by atoms with Gasteiger partial charge in [0, 0.05) is 47.9 Å². The van der Waals surface area contributed by atoms with Gasteiger partial charge in [0.15, 0.2) is 12.4 Å². The van der Waals surface area contributed by atoms with Gasteiger partial charge in [-0.05, 0) is 0 Å². The summed E-state index contributed by atoms with van der Waals surface area (Å²) >= 11 is 0. The molecular formula is C14H12N2O4S2. The van der Waals surface area contributed by atoms with Crippen LogP contribution in [0.5, 0.6) is 0 Å². The highest BCUT2D eigenvalue weighted by molar-refractivity contribution is 8.76. The number of carbonyl (C=O) groups is 2. The smallest absolute Gasteiger partial charge is 0.260 e. The van der Waals surface area contributed by atoms with Crippen LogP contribution in [0.2, 0.25) is 0 Å². The van der Waals surface area contributed by atoms with Crippen molar-refractivity contribution in [2.75, 3.05) is 0 Å². The van der Waals surface area contributed by atoms with Crippen molar-refractivity contribution in [1.29, 1.82) is 0 Å². The van der Waals surface area contributed by atoms with Gasteiger partial charge < -0.3 is 10.4 Å². The molecule has 0 spiro atoms. The van der Waals surface area contributed by atoms with E-state index in [0.717, 1.165) is 9.79 Å². The Kier molecular flexibility index (Phi) is 5.04. The fourth-order valence-corrected chi connectivity index (χ4v) is 3.59. The molecule has 8 heteroatoms. The molecule has 0 saturated heterocycles. The zero-order chi connectivity index (χ0) is 16.3. The first kappa shape index (κ1) is 16.3. The summed E-state index contributed by atoms with van der Waals surface area (Å²) < 4.78 is 1.04. The highest BCUT2D eigenvalue weighted by Crippen LogP contribution is 2.37. The van der Waals surface area contributed by atoms with Crippen LogP contribution >= 0.6 is 21.6 Å². The van der Waals surface area contributed by atoms with Crippen molar-refractivity contribution in [3.8, 4) is 0 Å². The van der Waals surface area contributed by atoms with Gasteiger partial charge in [-0.15, -0.1) is 0 Å². The van der Waals surface area contributed by atoms with E-state index in [0.29, 0.717) is 9.46 Å². The monoisotopic (exact) mass is 336 g/mol. The van der Waals surface area contributed by atoms with E-state index in [2.05, 4.69) is 0 Å². The first-order chi connectivity index (χ1) is 10.4. The number of hydrogen-bond donors (Lipinski definition) is 0. The molecule has 22 heavy (non-hydrogen) atoms. The van der Waals surface area contributed by atoms with Gasteiger partial charge in [-0.3, -0.25) is 9.59 Å². The van der Waals surface area contributed by atoms with Crippen LogP contribution in [0.4, 0.5) is 0 Å². The van der Waals surface area contributed by atoms with Crippen molar-refractivity contribution >= 4 is 33.2 Å². The number of ketones is 2. The van der Waals surface area contributed by atoms with E-state index in [1.54, 1.807) is 12.1 Å². The lowest BCUT2D eigenvalue weighted by atomic mass is 10.3. The van der Waals surface area contributed by atoms with E-state index in [4.69, 9.17) is 0 Å². The average Bonchev–Trinajstić information content (AvgIpc) is 2.47. The Morgan fingerprint density at radius 1 is 0.864 bits per heavy atom. The Morgan fingerprint density at radius 3 is 1.55 bits per heavy atom. The number of hydrogen-bond acceptors (Lipinski definition) is 6. The largest absolute Gasteiger partial charge is 0.618 e. The molecule has 0 amide bonds. The predicted molar refractivity (Wildman–Crippen MR) is 82.5 cm³/mol. The van der Waals surface area contributed by atoms with Crippen LogP contribution in [0.15, 0.2) is 46.5 Å². The summed E-state index contributed by atoms with van der Waals surface area (Å²) in [6.07, 6.45) is 2.55. The maximum Gasteiger partial charge on any atom is 0.260 e. The molecule has 2 rings (SSSR count). The van der Waals surface area contributed by atoms with E-state index in [-0.39, 0.29) is 23.0 Å². The van der Waals surface area contributed by atoms with Crippen LogP contribution in [0.1, 0.15) is 34.8 Å². The van der Waals surface area contributed by atoms with Gasteiger partial charge in [0.25, 0.3) is 11.4 Å². The van der Waals surface area contributed by atoms with Gasteiger partial charge in [0.05, 0.1) is 0 Å². The Hall–Kier alpha value is -2.06. The van der Waals surface area contributed by atoms with Crippen molar-refractivity contribution in [2.24, 2.45) is 0 Å². The summed E-state index contributed by atoms with van der Waals surface area (Å²) in [6, 6.07) is 6.21. The first-order valence-electron chi connectivity index (χ1n) is 6.21. The Balaban J connectivity index is 2.17. The number of aromatic nitrogens is 2. The Bertz CT molecular complexity index is 686. The third-order valence-corrected chi connectivity index (χ3v) is 5.12. The third-order valence-electron chi connectivity index (χ3n) is 2.74. The van der Waals surface area contributed by atoms with Crippen LogP contribution in [0.25, 0.3) is 0 Å². The highest BCUT2D eigenvalue weighted by Gasteiger charge is 2.14. The molecule has 0 N–H and O–H groups in total. The number of nitrogens with zero attached hydrogens (tertiary/aromatic N) is 2. The standard InChI is InChI=1S/C14H12N2O4S2/c1-9(17)13-7-11(3-5-15(13)19)21-22-12-4-6-16(20)14(8-12)10(2)18/h3-8H,1-2H3.